The molecule has 1 aliphatic carbocycles. The van der Waals surface area contributed by atoms with Gasteiger partial charge in [0.2, 0.25) is 5.95 Å². The highest BCUT2D eigenvalue weighted by Gasteiger charge is 2.48. The molecule has 1 aliphatic rings. The molecule has 0 unspecified atom stereocenters. The third kappa shape index (κ3) is 3.66. The smallest absolute Gasteiger partial charge is 0.335 e. The Balaban J connectivity index is 1.52. The fourth-order valence-corrected chi connectivity index (χ4v) is 3.69. The molecule has 1 saturated carbocycles. The molecule has 3 N–H and O–H groups in total. The quantitative estimate of drug-likeness (QED) is 0.568. The summed E-state index contributed by atoms with van der Waals surface area (Å²) in [5.41, 5.74) is 0.182. The second-order valence-electron chi connectivity index (χ2n) is 7.31. The van der Waals surface area contributed by atoms with E-state index >= 15 is 0 Å². The highest BCUT2D eigenvalue weighted by atomic mass is 19.1. The zero-order valence-electron chi connectivity index (χ0n) is 15.7. The summed E-state index contributed by atoms with van der Waals surface area (Å²) in [4.78, 5) is 23.6. The van der Waals surface area contributed by atoms with E-state index in [4.69, 9.17) is 5.11 Å². The van der Waals surface area contributed by atoms with Crippen molar-refractivity contribution in [2.24, 2.45) is 0 Å². The normalized spacial score (nSPS) is 20.4. The Kier molecular flexibility index (Phi) is 5.03. The SMILES string of the molecule is O=C(O)c1ccc(O)c(-c2cnc(NCC3(c4ncccc4F)CC(F)C3)nc2)c1. The predicted molar refractivity (Wildman–Crippen MR) is 105 cm³/mol. The summed E-state index contributed by atoms with van der Waals surface area (Å²) in [5, 5.41) is 22.1. The van der Waals surface area contributed by atoms with Gasteiger partial charge in [0.1, 0.15) is 17.7 Å². The van der Waals surface area contributed by atoms with Crippen LogP contribution in [-0.2, 0) is 5.41 Å². The molecular formula is C21H18F2N4O3. The van der Waals surface area contributed by atoms with Crippen LogP contribution in [0.5, 0.6) is 5.75 Å². The number of hydrogen-bond acceptors (Lipinski definition) is 6. The molecule has 7 nitrogen and oxygen atoms in total. The number of pyridine rings is 1. The number of anilines is 1. The number of aromatic hydroxyl groups is 1. The number of rotatable bonds is 6. The number of nitrogens with one attached hydrogen (secondary N) is 1. The molecule has 0 bridgehead atoms. The molecule has 3 aromatic rings. The van der Waals surface area contributed by atoms with E-state index in [1.54, 1.807) is 0 Å². The summed E-state index contributed by atoms with van der Waals surface area (Å²) < 4.78 is 27.9. The fourth-order valence-electron chi connectivity index (χ4n) is 3.69. The number of aromatic nitrogens is 3. The van der Waals surface area contributed by atoms with E-state index in [-0.39, 0.29) is 47.9 Å². The molecule has 30 heavy (non-hydrogen) atoms. The van der Waals surface area contributed by atoms with Crippen LogP contribution in [-0.4, -0.2) is 43.9 Å². The van der Waals surface area contributed by atoms with Gasteiger partial charge in [-0.25, -0.2) is 23.5 Å². The number of alkyl halides is 1. The average molecular weight is 412 g/mol. The molecule has 2 heterocycles. The number of aromatic carboxylic acids is 1. The van der Waals surface area contributed by atoms with Crippen LogP contribution >= 0.6 is 0 Å². The van der Waals surface area contributed by atoms with Gasteiger partial charge in [-0.2, -0.15) is 0 Å². The largest absolute Gasteiger partial charge is 0.507 e. The molecule has 0 radical (unpaired) electrons. The molecule has 1 aromatic carbocycles. The first-order valence-electron chi connectivity index (χ1n) is 9.26. The van der Waals surface area contributed by atoms with Crippen molar-refractivity contribution in [3.63, 3.8) is 0 Å². The van der Waals surface area contributed by atoms with Crippen LogP contribution in [0.2, 0.25) is 0 Å². The van der Waals surface area contributed by atoms with Crippen LogP contribution < -0.4 is 5.32 Å². The number of carboxylic acid groups (broad SMARTS) is 1. The summed E-state index contributed by atoms with van der Waals surface area (Å²) in [6.45, 7) is 0.209. The van der Waals surface area contributed by atoms with Crippen LogP contribution in [0.4, 0.5) is 14.7 Å². The predicted octanol–water partition coefficient (Wildman–Crippen LogP) is 3.56. The number of phenols is 1. The van der Waals surface area contributed by atoms with Gasteiger partial charge in [0, 0.05) is 41.7 Å². The highest BCUT2D eigenvalue weighted by Crippen LogP contribution is 2.45. The van der Waals surface area contributed by atoms with Crippen molar-refractivity contribution in [2.45, 2.75) is 24.4 Å². The molecule has 0 atom stereocenters. The highest BCUT2D eigenvalue weighted by molar-refractivity contribution is 5.90. The average Bonchev–Trinajstić information content (AvgIpc) is 2.71. The Morgan fingerprint density at radius 1 is 1.20 bits per heavy atom. The van der Waals surface area contributed by atoms with Crippen LogP contribution in [0.1, 0.15) is 28.9 Å². The number of phenolic OH excluding ortho intramolecular Hbond substituents is 1. The first-order chi connectivity index (χ1) is 14.4. The second kappa shape index (κ2) is 7.66. The Hall–Kier alpha value is -3.62. The molecule has 0 spiro atoms. The van der Waals surface area contributed by atoms with Gasteiger partial charge in [0.05, 0.1) is 11.3 Å². The van der Waals surface area contributed by atoms with E-state index in [2.05, 4.69) is 20.3 Å². The van der Waals surface area contributed by atoms with Crippen LogP contribution in [0.3, 0.4) is 0 Å². The van der Waals surface area contributed by atoms with Crippen molar-refractivity contribution in [1.29, 1.82) is 0 Å². The van der Waals surface area contributed by atoms with Crippen molar-refractivity contribution >= 4 is 11.9 Å². The standard InChI is InChI=1S/C21H18F2N4O3/c22-14-7-21(8-14,18-16(23)2-1-5-24-18)11-27-20-25-9-13(10-26-20)15-6-12(19(29)30)3-4-17(15)28/h1-6,9-10,14,28H,7-8,11H2,(H,29,30)(H,25,26,27). The topological polar surface area (TPSA) is 108 Å². The summed E-state index contributed by atoms with van der Waals surface area (Å²) in [5.74, 6) is -1.45. The second-order valence-corrected chi connectivity index (χ2v) is 7.31. The first-order valence-corrected chi connectivity index (χ1v) is 9.26. The van der Waals surface area contributed by atoms with Crippen LogP contribution in [0.15, 0.2) is 48.9 Å². The summed E-state index contributed by atoms with van der Waals surface area (Å²) in [6, 6.07) is 6.71. The number of halogens is 2. The summed E-state index contributed by atoms with van der Waals surface area (Å²) in [7, 11) is 0. The lowest BCUT2D eigenvalue weighted by molar-refractivity contribution is 0.0697. The Bertz CT molecular complexity index is 1090. The molecule has 0 saturated heterocycles. The van der Waals surface area contributed by atoms with Gasteiger partial charge < -0.3 is 15.5 Å². The third-order valence-corrected chi connectivity index (χ3v) is 5.28. The number of benzene rings is 1. The molecule has 2 aromatic heterocycles. The minimum Gasteiger partial charge on any atom is -0.507 e. The minimum atomic E-state index is -1.12. The van der Waals surface area contributed by atoms with Crippen LogP contribution in [0, 0.1) is 5.82 Å². The monoisotopic (exact) mass is 412 g/mol. The number of carboxylic acids is 1. The maximum Gasteiger partial charge on any atom is 0.335 e. The molecule has 0 amide bonds. The molecule has 4 rings (SSSR count). The molecule has 9 heteroatoms. The number of nitrogens with zero attached hydrogens (tertiary/aromatic N) is 3. The summed E-state index contributed by atoms with van der Waals surface area (Å²) >= 11 is 0. The van der Waals surface area contributed by atoms with E-state index in [0.717, 1.165) is 0 Å². The molecule has 0 aliphatic heterocycles. The lowest BCUT2D eigenvalue weighted by Gasteiger charge is -2.43. The van der Waals surface area contributed by atoms with Gasteiger partial charge in [-0.3, -0.25) is 4.98 Å². The van der Waals surface area contributed by atoms with E-state index in [1.807, 2.05) is 0 Å². The van der Waals surface area contributed by atoms with Crippen molar-refractivity contribution < 1.29 is 23.8 Å². The zero-order valence-corrected chi connectivity index (χ0v) is 15.7. The van der Waals surface area contributed by atoms with Crippen molar-refractivity contribution in [3.05, 3.63) is 66.0 Å². The Morgan fingerprint density at radius 3 is 2.57 bits per heavy atom. The number of carbonyl (C=O) groups is 1. The lowest BCUT2D eigenvalue weighted by Crippen LogP contribution is -2.49. The van der Waals surface area contributed by atoms with E-state index in [9.17, 15) is 18.7 Å². The van der Waals surface area contributed by atoms with Gasteiger partial charge >= 0.3 is 5.97 Å². The van der Waals surface area contributed by atoms with Gasteiger partial charge in [-0.15, -0.1) is 0 Å². The Morgan fingerprint density at radius 2 is 1.93 bits per heavy atom. The van der Waals surface area contributed by atoms with Crippen molar-refractivity contribution in [3.8, 4) is 16.9 Å². The third-order valence-electron chi connectivity index (χ3n) is 5.28. The zero-order chi connectivity index (χ0) is 21.3. The van der Waals surface area contributed by atoms with Gasteiger partial charge in [0.25, 0.3) is 0 Å². The van der Waals surface area contributed by atoms with Crippen LogP contribution in [0.25, 0.3) is 11.1 Å². The summed E-state index contributed by atoms with van der Waals surface area (Å²) in [6.07, 6.45) is 3.64. The lowest BCUT2D eigenvalue weighted by atomic mass is 9.65. The van der Waals surface area contributed by atoms with E-state index in [0.29, 0.717) is 5.56 Å². The maximum atomic E-state index is 14.2. The van der Waals surface area contributed by atoms with Gasteiger partial charge in [-0.1, -0.05) is 0 Å². The minimum absolute atomic E-state index is 0.0232. The van der Waals surface area contributed by atoms with E-state index < -0.39 is 23.4 Å². The van der Waals surface area contributed by atoms with Gasteiger partial charge in [0.15, 0.2) is 0 Å². The van der Waals surface area contributed by atoms with Gasteiger partial charge in [-0.05, 0) is 43.2 Å². The fraction of sp³-hybridized carbons (Fsp3) is 0.238. The van der Waals surface area contributed by atoms with E-state index in [1.165, 1.54) is 48.9 Å². The Labute approximate surface area is 170 Å². The maximum absolute atomic E-state index is 14.2. The molecule has 1 fully saturated rings. The van der Waals surface area contributed by atoms with Crippen molar-refractivity contribution in [2.75, 3.05) is 11.9 Å². The van der Waals surface area contributed by atoms with Crippen molar-refractivity contribution in [1.82, 2.24) is 15.0 Å². The number of hydrogen-bond donors (Lipinski definition) is 3. The molecular weight excluding hydrogens is 394 g/mol. The first kappa shape index (κ1) is 19.7. The molecule has 154 valence electrons.